The summed E-state index contributed by atoms with van der Waals surface area (Å²) >= 11 is 1.45. The number of hydrogen-bond donors (Lipinski definition) is 1. The molecule has 0 aliphatic heterocycles. The van der Waals surface area contributed by atoms with Crippen LogP contribution in [0.25, 0.3) is 10.2 Å². The zero-order valence-electron chi connectivity index (χ0n) is 18.2. The third-order valence-electron chi connectivity index (χ3n) is 5.10. The molecule has 1 N–H and O–H groups in total. The zero-order valence-corrected chi connectivity index (χ0v) is 19.0. The first-order valence-corrected chi connectivity index (χ1v) is 11.2. The predicted octanol–water partition coefficient (Wildman–Crippen LogP) is 4.95. The van der Waals surface area contributed by atoms with Gasteiger partial charge in [0.25, 0.3) is 5.91 Å². The van der Waals surface area contributed by atoms with Gasteiger partial charge in [0.2, 0.25) is 5.91 Å². The van der Waals surface area contributed by atoms with Crippen molar-refractivity contribution in [2.24, 2.45) is 0 Å². The molecule has 0 saturated heterocycles. The second-order valence-corrected chi connectivity index (χ2v) is 8.33. The highest BCUT2D eigenvalue weighted by atomic mass is 32.1. The quantitative estimate of drug-likeness (QED) is 0.380. The number of carbonyl (C=O) groups excluding carboxylic acids is 2. The molecule has 0 spiro atoms. The summed E-state index contributed by atoms with van der Waals surface area (Å²) in [5.74, 6) is 0.362. The van der Waals surface area contributed by atoms with E-state index in [1.807, 2.05) is 60.7 Å². The summed E-state index contributed by atoms with van der Waals surface area (Å²) in [4.78, 5) is 31.4. The summed E-state index contributed by atoms with van der Waals surface area (Å²) < 4.78 is 6.27. The molecule has 3 aromatic carbocycles. The molecule has 4 rings (SSSR count). The number of rotatable bonds is 8. The van der Waals surface area contributed by atoms with Gasteiger partial charge in [-0.3, -0.25) is 14.5 Å². The standard InChI is InChI=1S/C26H23N3O3S/c1-3-24(30)27-16-18-9-11-20(12-10-18)25(31)29(17-19-7-5-4-6-8-19)26-28-22-14-13-21(32-2)15-23(22)33-26/h3-15H,1,16-17H2,2H3,(H,27,30). The van der Waals surface area contributed by atoms with Crippen LogP contribution in [0.15, 0.2) is 85.5 Å². The van der Waals surface area contributed by atoms with E-state index < -0.39 is 0 Å². The lowest BCUT2D eigenvalue weighted by Gasteiger charge is -2.20. The van der Waals surface area contributed by atoms with Gasteiger partial charge in [-0.05, 0) is 47.5 Å². The van der Waals surface area contributed by atoms with E-state index in [1.165, 1.54) is 17.4 Å². The number of nitrogens with one attached hydrogen (secondary N) is 1. The van der Waals surface area contributed by atoms with Gasteiger partial charge in [0.1, 0.15) is 5.75 Å². The zero-order chi connectivity index (χ0) is 23.2. The topological polar surface area (TPSA) is 71.5 Å². The summed E-state index contributed by atoms with van der Waals surface area (Å²) in [6.07, 6.45) is 1.23. The molecule has 6 nitrogen and oxygen atoms in total. The fraction of sp³-hybridized carbons (Fsp3) is 0.115. The summed E-state index contributed by atoms with van der Waals surface area (Å²) in [6, 6.07) is 22.7. The van der Waals surface area contributed by atoms with E-state index in [9.17, 15) is 9.59 Å². The average Bonchev–Trinajstić information content (AvgIpc) is 3.29. The number of amides is 2. The largest absolute Gasteiger partial charge is 0.497 e. The van der Waals surface area contributed by atoms with Gasteiger partial charge in [-0.15, -0.1) is 0 Å². The van der Waals surface area contributed by atoms with Crippen molar-refractivity contribution in [2.75, 3.05) is 12.0 Å². The van der Waals surface area contributed by atoms with E-state index in [0.717, 1.165) is 27.1 Å². The second kappa shape index (κ2) is 10.1. The molecule has 7 heteroatoms. The number of nitrogens with zero attached hydrogens (tertiary/aromatic N) is 2. The van der Waals surface area contributed by atoms with E-state index in [4.69, 9.17) is 9.72 Å². The summed E-state index contributed by atoms with van der Waals surface area (Å²) in [6.45, 7) is 4.21. The highest BCUT2D eigenvalue weighted by molar-refractivity contribution is 7.22. The van der Waals surface area contributed by atoms with Crippen LogP contribution >= 0.6 is 11.3 Å². The van der Waals surface area contributed by atoms with Gasteiger partial charge in [-0.1, -0.05) is 60.4 Å². The molecule has 1 aromatic heterocycles. The van der Waals surface area contributed by atoms with Gasteiger partial charge in [0.15, 0.2) is 5.13 Å². The molecule has 0 saturated carbocycles. The number of methoxy groups -OCH3 is 1. The lowest BCUT2D eigenvalue weighted by molar-refractivity contribution is -0.116. The Labute approximate surface area is 196 Å². The SMILES string of the molecule is C=CC(=O)NCc1ccc(C(=O)N(Cc2ccccc2)c2nc3ccc(OC)cc3s2)cc1. The molecule has 166 valence electrons. The average molecular weight is 458 g/mol. The van der Waals surface area contributed by atoms with E-state index >= 15 is 0 Å². The van der Waals surface area contributed by atoms with Crippen molar-refractivity contribution in [3.8, 4) is 5.75 Å². The van der Waals surface area contributed by atoms with Crippen molar-refractivity contribution >= 4 is 38.5 Å². The Morgan fingerprint density at radius 3 is 2.52 bits per heavy atom. The number of ether oxygens (including phenoxy) is 1. The van der Waals surface area contributed by atoms with Crippen molar-refractivity contribution in [1.82, 2.24) is 10.3 Å². The van der Waals surface area contributed by atoms with Crippen molar-refractivity contribution in [1.29, 1.82) is 0 Å². The minimum absolute atomic E-state index is 0.147. The first kappa shape index (κ1) is 22.2. The van der Waals surface area contributed by atoms with Crippen LogP contribution in [-0.4, -0.2) is 23.9 Å². The Kier molecular flexibility index (Phi) is 6.80. The third-order valence-corrected chi connectivity index (χ3v) is 6.14. The van der Waals surface area contributed by atoms with Crippen LogP contribution in [0.5, 0.6) is 5.75 Å². The van der Waals surface area contributed by atoms with Crippen molar-refractivity contribution in [3.05, 3.63) is 102 Å². The van der Waals surface area contributed by atoms with Crippen molar-refractivity contribution in [2.45, 2.75) is 13.1 Å². The lowest BCUT2D eigenvalue weighted by atomic mass is 10.1. The molecule has 0 unspecified atom stereocenters. The maximum absolute atomic E-state index is 13.6. The highest BCUT2D eigenvalue weighted by Gasteiger charge is 2.22. The predicted molar refractivity (Wildman–Crippen MR) is 132 cm³/mol. The van der Waals surface area contributed by atoms with Crippen molar-refractivity contribution < 1.29 is 14.3 Å². The van der Waals surface area contributed by atoms with Crippen LogP contribution < -0.4 is 15.0 Å². The molecule has 0 radical (unpaired) electrons. The molecule has 4 aromatic rings. The molecule has 0 aliphatic carbocycles. The third kappa shape index (κ3) is 5.27. The van der Waals surface area contributed by atoms with Crippen LogP contribution in [0, 0.1) is 0 Å². The second-order valence-electron chi connectivity index (χ2n) is 7.33. The molecule has 1 heterocycles. The number of hydrogen-bond acceptors (Lipinski definition) is 5. The lowest BCUT2D eigenvalue weighted by Crippen LogP contribution is -2.30. The van der Waals surface area contributed by atoms with E-state index in [-0.39, 0.29) is 11.8 Å². The summed E-state index contributed by atoms with van der Waals surface area (Å²) in [7, 11) is 1.63. The number of anilines is 1. The summed E-state index contributed by atoms with van der Waals surface area (Å²) in [5, 5.41) is 3.35. The molecule has 0 bridgehead atoms. The Balaban J connectivity index is 1.64. The molecular formula is C26H23N3O3S. The minimum Gasteiger partial charge on any atom is -0.497 e. The van der Waals surface area contributed by atoms with Gasteiger partial charge < -0.3 is 10.1 Å². The van der Waals surface area contributed by atoms with Crippen LogP contribution in [0.4, 0.5) is 5.13 Å². The van der Waals surface area contributed by atoms with Gasteiger partial charge >= 0.3 is 0 Å². The van der Waals surface area contributed by atoms with E-state index in [1.54, 1.807) is 24.1 Å². The first-order valence-electron chi connectivity index (χ1n) is 10.4. The van der Waals surface area contributed by atoms with Gasteiger partial charge in [0.05, 0.1) is 23.9 Å². The van der Waals surface area contributed by atoms with E-state index in [0.29, 0.717) is 23.8 Å². The van der Waals surface area contributed by atoms with Gasteiger partial charge in [0, 0.05) is 12.1 Å². The molecule has 0 atom stereocenters. The first-order chi connectivity index (χ1) is 16.1. The molecule has 33 heavy (non-hydrogen) atoms. The normalized spacial score (nSPS) is 10.6. The molecular weight excluding hydrogens is 434 g/mol. The Hall–Kier alpha value is -3.97. The van der Waals surface area contributed by atoms with Gasteiger partial charge in [-0.2, -0.15) is 0 Å². The fourth-order valence-electron chi connectivity index (χ4n) is 3.31. The maximum atomic E-state index is 13.6. The summed E-state index contributed by atoms with van der Waals surface area (Å²) in [5.41, 5.74) is 3.26. The maximum Gasteiger partial charge on any atom is 0.260 e. The number of aromatic nitrogens is 1. The van der Waals surface area contributed by atoms with Crippen LogP contribution in [-0.2, 0) is 17.9 Å². The Morgan fingerprint density at radius 1 is 1.06 bits per heavy atom. The minimum atomic E-state index is -0.239. The molecule has 0 fully saturated rings. The number of fused-ring (bicyclic) bond motifs is 1. The monoisotopic (exact) mass is 457 g/mol. The number of benzene rings is 3. The van der Waals surface area contributed by atoms with Crippen LogP contribution in [0.3, 0.4) is 0 Å². The molecule has 0 aliphatic rings. The van der Waals surface area contributed by atoms with Crippen LogP contribution in [0.1, 0.15) is 21.5 Å². The van der Waals surface area contributed by atoms with Crippen molar-refractivity contribution in [3.63, 3.8) is 0 Å². The van der Waals surface area contributed by atoms with Crippen LogP contribution in [0.2, 0.25) is 0 Å². The van der Waals surface area contributed by atoms with Gasteiger partial charge in [-0.25, -0.2) is 4.98 Å². The fourth-order valence-corrected chi connectivity index (χ4v) is 4.30. The van der Waals surface area contributed by atoms with E-state index in [2.05, 4.69) is 11.9 Å². The highest BCUT2D eigenvalue weighted by Crippen LogP contribution is 2.33. The number of carbonyl (C=O) groups is 2. The smallest absolute Gasteiger partial charge is 0.260 e. The number of thiazole rings is 1. The molecule has 2 amide bonds. The Morgan fingerprint density at radius 2 is 1.82 bits per heavy atom. The Bertz CT molecular complexity index is 1280.